The molecule has 0 heterocycles. The van der Waals surface area contributed by atoms with Gasteiger partial charge in [0.1, 0.15) is 9.79 Å². The molecular formula is C13H10O7S2. The minimum Gasteiger partial charge on any atom is -0.289 e. The van der Waals surface area contributed by atoms with Gasteiger partial charge in [-0.1, -0.05) is 24.3 Å². The maximum atomic E-state index is 12.4. The number of ketones is 1. The molecule has 2 N–H and O–H groups in total. The second-order valence-corrected chi connectivity index (χ2v) is 7.05. The Bertz CT molecular complexity index is 866. The zero-order valence-electron chi connectivity index (χ0n) is 10.9. The molecule has 9 heteroatoms. The zero-order valence-corrected chi connectivity index (χ0v) is 12.5. The van der Waals surface area contributed by atoms with Crippen molar-refractivity contribution in [3.05, 3.63) is 59.7 Å². The van der Waals surface area contributed by atoms with Crippen molar-refractivity contribution in [2.24, 2.45) is 0 Å². The van der Waals surface area contributed by atoms with Gasteiger partial charge >= 0.3 is 0 Å². The van der Waals surface area contributed by atoms with Gasteiger partial charge in [-0.3, -0.25) is 13.9 Å². The van der Waals surface area contributed by atoms with Gasteiger partial charge in [0.05, 0.1) is 0 Å². The van der Waals surface area contributed by atoms with Crippen LogP contribution in [0.15, 0.2) is 58.3 Å². The van der Waals surface area contributed by atoms with Crippen LogP contribution in [0.25, 0.3) is 0 Å². The monoisotopic (exact) mass is 342 g/mol. The third-order valence-electron chi connectivity index (χ3n) is 2.82. The smallest absolute Gasteiger partial charge is 0.289 e. The van der Waals surface area contributed by atoms with E-state index in [2.05, 4.69) is 0 Å². The van der Waals surface area contributed by atoms with Crippen molar-refractivity contribution >= 4 is 26.0 Å². The van der Waals surface area contributed by atoms with E-state index in [0.29, 0.717) is 0 Å². The van der Waals surface area contributed by atoms with Crippen LogP contribution in [0.1, 0.15) is 15.9 Å². The number of rotatable bonds is 4. The summed E-state index contributed by atoms with van der Waals surface area (Å²) in [6.45, 7) is 0. The van der Waals surface area contributed by atoms with Crippen LogP contribution in [-0.4, -0.2) is 31.7 Å². The van der Waals surface area contributed by atoms with E-state index < -0.39 is 46.9 Å². The Morgan fingerprint density at radius 3 is 1.32 bits per heavy atom. The first-order valence-electron chi connectivity index (χ1n) is 5.80. The minimum absolute atomic E-state index is 0.402. The lowest BCUT2D eigenvalue weighted by Crippen LogP contribution is -2.13. The van der Waals surface area contributed by atoms with Crippen LogP contribution in [0.3, 0.4) is 0 Å². The van der Waals surface area contributed by atoms with Gasteiger partial charge < -0.3 is 0 Å². The average molecular weight is 342 g/mol. The molecule has 0 amide bonds. The molecule has 2 aromatic rings. The van der Waals surface area contributed by atoms with E-state index in [-0.39, 0.29) is 0 Å². The molecule has 0 aliphatic heterocycles. The summed E-state index contributed by atoms with van der Waals surface area (Å²) in [5.74, 6) is -0.957. The third kappa shape index (κ3) is 3.22. The lowest BCUT2D eigenvalue weighted by Gasteiger charge is -2.08. The van der Waals surface area contributed by atoms with Gasteiger partial charge in [-0.15, -0.1) is 0 Å². The maximum Gasteiger partial charge on any atom is 0.295 e. The minimum atomic E-state index is -4.67. The van der Waals surface area contributed by atoms with Crippen molar-refractivity contribution in [3.63, 3.8) is 0 Å². The highest BCUT2D eigenvalue weighted by atomic mass is 32.2. The van der Waals surface area contributed by atoms with E-state index in [9.17, 15) is 21.6 Å². The van der Waals surface area contributed by atoms with Gasteiger partial charge in [0.2, 0.25) is 0 Å². The maximum absolute atomic E-state index is 12.4. The lowest BCUT2D eigenvalue weighted by molar-refractivity contribution is 0.103. The summed E-state index contributed by atoms with van der Waals surface area (Å²) < 4.78 is 63.5. The third-order valence-corrected chi connectivity index (χ3v) is 4.64. The molecular weight excluding hydrogens is 332 g/mol. The molecule has 0 unspecified atom stereocenters. The second-order valence-electron chi connectivity index (χ2n) is 4.27. The number of carbonyl (C=O) groups is 1. The van der Waals surface area contributed by atoms with E-state index in [1.54, 1.807) is 0 Å². The summed E-state index contributed by atoms with van der Waals surface area (Å²) >= 11 is 0. The van der Waals surface area contributed by atoms with Crippen molar-refractivity contribution in [2.45, 2.75) is 9.79 Å². The van der Waals surface area contributed by atoms with Gasteiger partial charge in [-0.25, -0.2) is 0 Å². The topological polar surface area (TPSA) is 126 Å². The Hall–Kier alpha value is -2.07. The quantitative estimate of drug-likeness (QED) is 0.635. The Balaban J connectivity index is 2.71. The first kappa shape index (κ1) is 16.3. The molecule has 2 rings (SSSR count). The van der Waals surface area contributed by atoms with Crippen molar-refractivity contribution < 1.29 is 30.7 Å². The van der Waals surface area contributed by atoms with Crippen LogP contribution in [-0.2, 0) is 20.2 Å². The fraction of sp³-hybridized carbons (Fsp3) is 0. The molecule has 0 aliphatic carbocycles. The van der Waals surface area contributed by atoms with E-state index in [1.165, 1.54) is 24.3 Å². The van der Waals surface area contributed by atoms with Gasteiger partial charge in [0.25, 0.3) is 20.2 Å². The molecule has 0 aliphatic rings. The molecule has 7 nitrogen and oxygen atoms in total. The Morgan fingerprint density at radius 1 is 0.682 bits per heavy atom. The lowest BCUT2D eigenvalue weighted by atomic mass is 10.0. The Kier molecular flexibility index (Phi) is 4.16. The molecule has 0 bridgehead atoms. The van der Waals surface area contributed by atoms with Crippen LogP contribution in [0, 0.1) is 0 Å². The van der Waals surface area contributed by atoms with Crippen LogP contribution < -0.4 is 0 Å². The summed E-state index contributed by atoms with van der Waals surface area (Å²) in [5.41, 5.74) is -0.804. The fourth-order valence-corrected chi connectivity index (χ4v) is 3.28. The molecule has 22 heavy (non-hydrogen) atoms. The van der Waals surface area contributed by atoms with Crippen LogP contribution in [0.2, 0.25) is 0 Å². The molecule has 0 radical (unpaired) electrons. The van der Waals surface area contributed by atoms with E-state index in [1.807, 2.05) is 0 Å². The van der Waals surface area contributed by atoms with Crippen molar-refractivity contribution in [1.82, 2.24) is 0 Å². The molecule has 0 spiro atoms. The second kappa shape index (κ2) is 5.61. The van der Waals surface area contributed by atoms with Gasteiger partial charge in [0, 0.05) is 11.1 Å². The van der Waals surface area contributed by atoms with E-state index in [4.69, 9.17) is 9.11 Å². The summed E-state index contributed by atoms with van der Waals surface area (Å²) in [6, 6.07) is 9.61. The fourth-order valence-electron chi connectivity index (χ4n) is 1.90. The summed E-state index contributed by atoms with van der Waals surface area (Å²) in [4.78, 5) is 11.1. The van der Waals surface area contributed by atoms with E-state index >= 15 is 0 Å². The molecule has 0 aromatic heterocycles. The van der Waals surface area contributed by atoms with Gasteiger partial charge in [0.15, 0.2) is 5.78 Å². The van der Waals surface area contributed by atoms with Crippen LogP contribution >= 0.6 is 0 Å². The highest BCUT2D eigenvalue weighted by Crippen LogP contribution is 2.23. The standard InChI is InChI=1S/C13H10O7S2/c14-13(9-5-1-3-7-11(9)21(15,16)17)10-6-2-4-8-12(10)22(18,19)20/h1-8H,(H,15,16,17)(H,18,19,20). The molecule has 0 saturated carbocycles. The molecule has 116 valence electrons. The summed E-state index contributed by atoms with van der Waals surface area (Å²) in [7, 11) is -9.34. The van der Waals surface area contributed by atoms with Crippen LogP contribution in [0.5, 0.6) is 0 Å². The van der Waals surface area contributed by atoms with Crippen LogP contribution in [0.4, 0.5) is 0 Å². The number of benzene rings is 2. The zero-order chi connectivity index (χ0) is 16.5. The van der Waals surface area contributed by atoms with Crippen molar-refractivity contribution in [3.8, 4) is 0 Å². The van der Waals surface area contributed by atoms with Crippen molar-refractivity contribution in [1.29, 1.82) is 0 Å². The Labute approximate surface area is 126 Å². The SMILES string of the molecule is O=C(c1ccccc1S(=O)(=O)O)c1ccccc1S(=O)(=O)O. The number of hydrogen-bond donors (Lipinski definition) is 2. The Morgan fingerprint density at radius 2 is 1.00 bits per heavy atom. The highest BCUT2D eigenvalue weighted by molar-refractivity contribution is 7.86. The van der Waals surface area contributed by atoms with E-state index in [0.717, 1.165) is 24.3 Å². The largest absolute Gasteiger partial charge is 0.295 e. The van der Waals surface area contributed by atoms with Gasteiger partial charge in [-0.2, -0.15) is 16.8 Å². The summed E-state index contributed by atoms with van der Waals surface area (Å²) in [6.07, 6.45) is 0. The predicted molar refractivity (Wildman–Crippen MR) is 75.9 cm³/mol. The summed E-state index contributed by atoms with van der Waals surface area (Å²) in [5, 5.41) is 0. The molecule has 0 atom stereocenters. The first-order chi connectivity index (χ1) is 10.1. The molecule has 0 saturated heterocycles. The van der Waals surface area contributed by atoms with Crippen molar-refractivity contribution in [2.75, 3.05) is 0 Å². The first-order valence-corrected chi connectivity index (χ1v) is 8.68. The highest BCUT2D eigenvalue weighted by Gasteiger charge is 2.25. The molecule has 2 aromatic carbocycles. The predicted octanol–water partition coefficient (Wildman–Crippen LogP) is 1.41. The number of hydrogen-bond acceptors (Lipinski definition) is 5. The average Bonchev–Trinajstić information content (AvgIpc) is 2.45. The molecule has 0 fully saturated rings. The normalized spacial score (nSPS) is 12.1. The number of carbonyl (C=O) groups excluding carboxylic acids is 1. The van der Waals surface area contributed by atoms with Gasteiger partial charge in [-0.05, 0) is 24.3 Å².